The number of benzene rings is 1. The van der Waals surface area contributed by atoms with Crippen LogP contribution in [-0.2, 0) is 0 Å². The fraction of sp³-hybridized carbons (Fsp3) is 0.417. The van der Waals surface area contributed by atoms with E-state index in [0.29, 0.717) is 12.5 Å². The molecule has 1 heterocycles. The molecule has 0 aliphatic carbocycles. The molecule has 0 saturated carbocycles. The molecule has 1 aromatic rings. The maximum absolute atomic E-state index is 8.68. The van der Waals surface area contributed by atoms with Gasteiger partial charge in [0.2, 0.25) is 0 Å². The Morgan fingerprint density at radius 1 is 1.53 bits per heavy atom. The molecule has 3 heteroatoms. The molecule has 1 N–H and O–H groups in total. The monoisotopic (exact) mass is 218 g/mol. The van der Waals surface area contributed by atoms with E-state index in [1.54, 1.807) is 0 Å². The summed E-state index contributed by atoms with van der Waals surface area (Å²) in [7, 11) is 0. The molecule has 0 fully saturated rings. The van der Waals surface area contributed by atoms with E-state index >= 15 is 0 Å². The van der Waals surface area contributed by atoms with Crippen LogP contribution in [0.4, 0.5) is 5.69 Å². The Balaban J connectivity index is 2.30. The van der Waals surface area contributed by atoms with Crippen LogP contribution in [0.3, 0.4) is 0 Å². The van der Waals surface area contributed by atoms with Crippen LogP contribution in [0.5, 0.6) is 0 Å². The Morgan fingerprint density at radius 3 is 3.07 bits per heavy atom. The van der Waals surface area contributed by atoms with Gasteiger partial charge >= 0.3 is 0 Å². The predicted octanol–water partition coefficient (Wildman–Crippen LogP) is 3.10. The highest BCUT2D eigenvalue weighted by molar-refractivity contribution is 7.99. The molecule has 0 amide bonds. The van der Waals surface area contributed by atoms with Gasteiger partial charge in [-0.05, 0) is 31.0 Å². The number of nitrogens with one attached hydrogen (secondary N) is 1. The van der Waals surface area contributed by atoms with Crippen molar-refractivity contribution in [2.75, 3.05) is 11.1 Å². The molecule has 1 aromatic carbocycles. The molecule has 0 radical (unpaired) electrons. The van der Waals surface area contributed by atoms with Gasteiger partial charge in [0, 0.05) is 16.7 Å². The summed E-state index contributed by atoms with van der Waals surface area (Å²) >= 11 is 1.85. The fourth-order valence-electron chi connectivity index (χ4n) is 1.88. The van der Waals surface area contributed by atoms with Crippen LogP contribution in [0.15, 0.2) is 17.0 Å². The first-order valence-electron chi connectivity index (χ1n) is 5.08. The highest BCUT2D eigenvalue weighted by Gasteiger charge is 2.19. The molecule has 0 spiro atoms. The molecule has 2 rings (SSSR count). The zero-order valence-corrected chi connectivity index (χ0v) is 9.82. The van der Waals surface area contributed by atoms with Crippen LogP contribution in [0.25, 0.3) is 0 Å². The van der Waals surface area contributed by atoms with Crippen molar-refractivity contribution in [1.82, 2.24) is 0 Å². The van der Waals surface area contributed by atoms with Gasteiger partial charge in [-0.1, -0.05) is 6.07 Å². The molecule has 0 saturated heterocycles. The summed E-state index contributed by atoms with van der Waals surface area (Å²) < 4.78 is 0. The molecular weight excluding hydrogens is 204 g/mol. The quantitative estimate of drug-likeness (QED) is 0.786. The second kappa shape index (κ2) is 4.16. The molecule has 15 heavy (non-hydrogen) atoms. The maximum atomic E-state index is 8.68. The average Bonchev–Trinajstić information content (AvgIpc) is 2.19. The summed E-state index contributed by atoms with van der Waals surface area (Å²) in [4.78, 5) is 1.32. The van der Waals surface area contributed by atoms with Crippen molar-refractivity contribution in [1.29, 1.82) is 5.26 Å². The van der Waals surface area contributed by atoms with Gasteiger partial charge in [0.05, 0.1) is 18.2 Å². The second-order valence-electron chi connectivity index (χ2n) is 3.97. The molecule has 1 unspecified atom stereocenters. The van der Waals surface area contributed by atoms with Crippen LogP contribution in [0.1, 0.15) is 17.5 Å². The van der Waals surface area contributed by atoms with Gasteiger partial charge in [0.15, 0.2) is 0 Å². The van der Waals surface area contributed by atoms with Gasteiger partial charge in [-0.3, -0.25) is 0 Å². The lowest BCUT2D eigenvalue weighted by atomic mass is 10.1. The predicted molar refractivity (Wildman–Crippen MR) is 64.3 cm³/mol. The van der Waals surface area contributed by atoms with Gasteiger partial charge in [0.25, 0.3) is 0 Å². The van der Waals surface area contributed by atoms with Crippen molar-refractivity contribution in [2.24, 2.45) is 0 Å². The normalized spacial score (nSPS) is 18.9. The van der Waals surface area contributed by atoms with Gasteiger partial charge in [0.1, 0.15) is 0 Å². The van der Waals surface area contributed by atoms with E-state index in [9.17, 15) is 0 Å². The van der Waals surface area contributed by atoms with Crippen LogP contribution in [-0.4, -0.2) is 11.8 Å². The van der Waals surface area contributed by atoms with Crippen molar-refractivity contribution >= 4 is 17.4 Å². The van der Waals surface area contributed by atoms with Crippen molar-refractivity contribution < 1.29 is 0 Å². The summed E-state index contributed by atoms with van der Waals surface area (Å²) in [5, 5.41) is 12.1. The Morgan fingerprint density at radius 2 is 2.33 bits per heavy atom. The van der Waals surface area contributed by atoms with E-state index in [0.717, 1.165) is 5.75 Å². The Bertz CT molecular complexity index is 420. The Labute approximate surface area is 94.7 Å². The minimum Gasteiger partial charge on any atom is -0.379 e. The molecule has 1 aliphatic rings. The Kier molecular flexibility index (Phi) is 2.88. The van der Waals surface area contributed by atoms with Gasteiger partial charge in [-0.25, -0.2) is 0 Å². The number of hydrogen-bond donors (Lipinski definition) is 1. The van der Waals surface area contributed by atoms with E-state index in [1.165, 1.54) is 21.7 Å². The molecule has 1 atom stereocenters. The summed E-state index contributed by atoms with van der Waals surface area (Å²) in [6.07, 6.45) is 0.583. The summed E-state index contributed by atoms with van der Waals surface area (Å²) in [5.74, 6) is 0.990. The zero-order valence-electron chi connectivity index (χ0n) is 9.00. The summed E-state index contributed by atoms with van der Waals surface area (Å²) in [6, 6.07) is 6.92. The van der Waals surface area contributed by atoms with E-state index in [-0.39, 0.29) is 0 Å². The zero-order chi connectivity index (χ0) is 10.8. The highest BCUT2D eigenvalue weighted by Crippen LogP contribution is 2.36. The van der Waals surface area contributed by atoms with Crippen LogP contribution < -0.4 is 5.32 Å². The van der Waals surface area contributed by atoms with E-state index < -0.39 is 0 Å². The molecule has 0 bridgehead atoms. The highest BCUT2D eigenvalue weighted by atomic mass is 32.2. The molecule has 2 nitrogen and oxygen atoms in total. The number of anilines is 1. The molecular formula is C12H14N2S. The minimum atomic E-state index is 0.300. The van der Waals surface area contributed by atoms with Gasteiger partial charge in [-0.2, -0.15) is 5.26 Å². The first-order valence-corrected chi connectivity index (χ1v) is 6.07. The lowest BCUT2D eigenvalue weighted by Crippen LogP contribution is -2.25. The third kappa shape index (κ3) is 2.10. The number of thioether (sulfide) groups is 1. The lowest BCUT2D eigenvalue weighted by molar-refractivity contribution is 0.817. The van der Waals surface area contributed by atoms with Crippen molar-refractivity contribution in [3.63, 3.8) is 0 Å². The number of hydrogen-bond acceptors (Lipinski definition) is 3. The van der Waals surface area contributed by atoms with Crippen molar-refractivity contribution in [2.45, 2.75) is 31.2 Å². The molecule has 1 aliphatic heterocycles. The van der Waals surface area contributed by atoms with Crippen molar-refractivity contribution in [3.8, 4) is 6.07 Å². The minimum absolute atomic E-state index is 0.300. The van der Waals surface area contributed by atoms with Gasteiger partial charge in [-0.15, -0.1) is 11.8 Å². The smallest absolute Gasteiger partial charge is 0.0643 e. The number of nitriles is 1. The lowest BCUT2D eigenvalue weighted by Gasteiger charge is -2.26. The van der Waals surface area contributed by atoms with Crippen LogP contribution in [0, 0.1) is 25.2 Å². The van der Waals surface area contributed by atoms with Crippen LogP contribution >= 0.6 is 11.8 Å². The van der Waals surface area contributed by atoms with E-state index in [2.05, 4.69) is 37.4 Å². The third-order valence-corrected chi connectivity index (χ3v) is 3.77. The van der Waals surface area contributed by atoms with E-state index in [4.69, 9.17) is 5.26 Å². The van der Waals surface area contributed by atoms with Crippen LogP contribution in [0.2, 0.25) is 0 Å². The second-order valence-corrected chi connectivity index (χ2v) is 5.03. The number of aryl methyl sites for hydroxylation is 2. The first kappa shape index (κ1) is 10.4. The number of fused-ring (bicyclic) bond motifs is 1. The Hall–Kier alpha value is -1.14. The third-order valence-electron chi connectivity index (χ3n) is 2.57. The number of rotatable bonds is 1. The maximum Gasteiger partial charge on any atom is 0.0643 e. The van der Waals surface area contributed by atoms with Gasteiger partial charge < -0.3 is 5.32 Å². The first-order chi connectivity index (χ1) is 7.20. The molecule has 78 valence electrons. The number of nitrogens with zero attached hydrogens (tertiary/aromatic N) is 1. The topological polar surface area (TPSA) is 35.8 Å². The molecule has 0 aromatic heterocycles. The summed E-state index contributed by atoms with van der Waals surface area (Å²) in [6.45, 7) is 4.24. The summed E-state index contributed by atoms with van der Waals surface area (Å²) in [5.41, 5.74) is 3.80. The standard InChI is InChI=1S/C12H14N2S/c1-8-5-9(2)12-11(6-8)15-7-10(14-12)3-4-13/h5-6,10,14H,3,7H2,1-2H3. The largest absolute Gasteiger partial charge is 0.379 e. The fourth-order valence-corrected chi connectivity index (χ4v) is 3.10. The van der Waals surface area contributed by atoms with E-state index in [1.807, 2.05) is 11.8 Å². The SMILES string of the molecule is Cc1cc(C)c2c(c1)SCC(CC#N)N2. The van der Waals surface area contributed by atoms with Crippen molar-refractivity contribution in [3.05, 3.63) is 23.3 Å². The average molecular weight is 218 g/mol.